The average Bonchev–Trinajstić information content (AvgIpc) is 3.25. The number of carbonyl (C=O) groups is 2. The van der Waals surface area contributed by atoms with E-state index in [1.54, 1.807) is 47.8 Å². The molecule has 0 bridgehead atoms. The van der Waals surface area contributed by atoms with Gasteiger partial charge in [-0.25, -0.2) is 9.97 Å². The molecule has 2 atom stereocenters. The molecule has 3 N–H and O–H groups in total. The fraction of sp³-hybridized carbons (Fsp3) is 0.379. The zero-order valence-electron chi connectivity index (χ0n) is 23.2. The first-order chi connectivity index (χ1) is 19.7. The van der Waals surface area contributed by atoms with Crippen LogP contribution in [-0.2, 0) is 17.5 Å². The maximum Gasteiger partial charge on any atom is 0.433 e. The number of hydrogen-bond donors (Lipinski definition) is 3. The van der Waals surface area contributed by atoms with Crippen molar-refractivity contribution in [3.8, 4) is 0 Å². The van der Waals surface area contributed by atoms with E-state index >= 15 is 0 Å². The number of benzene rings is 1. The van der Waals surface area contributed by atoms with Crippen LogP contribution in [-0.4, -0.2) is 67.1 Å². The molecule has 2 amide bonds. The Morgan fingerprint density at radius 2 is 1.86 bits per heavy atom. The molecule has 0 radical (unpaired) electrons. The van der Waals surface area contributed by atoms with Crippen LogP contribution < -0.4 is 10.6 Å². The van der Waals surface area contributed by atoms with Gasteiger partial charge in [-0.3, -0.25) is 9.59 Å². The highest BCUT2D eigenvalue weighted by molar-refractivity contribution is 6.31. The number of carbonyl (C=O) groups excluding carboxylic acids is 2. The van der Waals surface area contributed by atoms with Crippen LogP contribution in [0.4, 0.5) is 18.9 Å². The molecule has 0 saturated carbocycles. The molecule has 13 heteroatoms. The maximum atomic E-state index is 13.7. The minimum atomic E-state index is -4.67. The summed E-state index contributed by atoms with van der Waals surface area (Å²) in [7, 11) is 0. The van der Waals surface area contributed by atoms with Gasteiger partial charge in [0.1, 0.15) is 11.3 Å². The van der Waals surface area contributed by atoms with Crippen LogP contribution in [0.15, 0.2) is 48.8 Å². The van der Waals surface area contributed by atoms with E-state index in [2.05, 4.69) is 20.6 Å². The summed E-state index contributed by atoms with van der Waals surface area (Å²) in [6.07, 6.45) is -1.09. The fourth-order valence-electron chi connectivity index (χ4n) is 5.35. The molecule has 5 rings (SSSR count). The minimum Gasteiger partial charge on any atom is -0.389 e. The third-order valence-electron chi connectivity index (χ3n) is 7.09. The molecule has 1 aliphatic heterocycles. The van der Waals surface area contributed by atoms with Crippen molar-refractivity contribution in [2.45, 2.75) is 57.6 Å². The number of nitrogens with zero attached hydrogens (tertiary/aromatic N) is 4. The Balaban J connectivity index is 1.43. The number of pyridine rings is 2. The van der Waals surface area contributed by atoms with E-state index in [1.807, 2.05) is 0 Å². The van der Waals surface area contributed by atoms with Crippen LogP contribution in [0.5, 0.6) is 0 Å². The number of aliphatic hydroxyl groups is 1. The van der Waals surface area contributed by atoms with Crippen LogP contribution in [0.1, 0.15) is 43.2 Å². The lowest BCUT2D eigenvalue weighted by molar-refractivity contribution is -0.140. The molecule has 3 aromatic heterocycles. The van der Waals surface area contributed by atoms with Crippen molar-refractivity contribution in [1.82, 2.24) is 24.8 Å². The summed E-state index contributed by atoms with van der Waals surface area (Å²) in [6.45, 7) is 5.39. The Kier molecular flexibility index (Phi) is 7.80. The molecule has 1 aliphatic rings. The highest BCUT2D eigenvalue weighted by Crippen LogP contribution is 2.35. The van der Waals surface area contributed by atoms with Crippen molar-refractivity contribution in [2.24, 2.45) is 0 Å². The molecule has 9 nitrogen and oxygen atoms in total. The molecule has 1 saturated heterocycles. The van der Waals surface area contributed by atoms with Crippen LogP contribution in [0.25, 0.3) is 21.9 Å². The molecule has 4 heterocycles. The smallest absolute Gasteiger partial charge is 0.389 e. The predicted octanol–water partition coefficient (Wildman–Crippen LogP) is 4.86. The molecule has 4 aromatic rings. The first kappa shape index (κ1) is 29.6. The molecular weight excluding hydrogens is 573 g/mol. The van der Waals surface area contributed by atoms with Crippen molar-refractivity contribution in [3.05, 3.63) is 65.1 Å². The maximum absolute atomic E-state index is 13.7. The average molecular weight is 603 g/mol. The van der Waals surface area contributed by atoms with Gasteiger partial charge >= 0.3 is 6.18 Å². The number of nitrogens with one attached hydrogen (secondary N) is 2. The second-order valence-electron chi connectivity index (χ2n) is 11.2. The van der Waals surface area contributed by atoms with E-state index in [4.69, 9.17) is 11.6 Å². The topological polar surface area (TPSA) is 112 Å². The summed E-state index contributed by atoms with van der Waals surface area (Å²) >= 11 is 6.15. The molecule has 1 aromatic carbocycles. The first-order valence-electron chi connectivity index (χ1n) is 13.3. The summed E-state index contributed by atoms with van der Waals surface area (Å²) in [5, 5.41) is 17.9. The Labute approximate surface area is 244 Å². The van der Waals surface area contributed by atoms with Gasteiger partial charge < -0.3 is 25.2 Å². The van der Waals surface area contributed by atoms with Crippen LogP contribution in [0.2, 0.25) is 5.02 Å². The lowest BCUT2D eigenvalue weighted by Gasteiger charge is -2.38. The summed E-state index contributed by atoms with van der Waals surface area (Å²) in [4.78, 5) is 35.6. The second-order valence-corrected chi connectivity index (χ2v) is 11.7. The van der Waals surface area contributed by atoms with Gasteiger partial charge in [-0.15, -0.1) is 0 Å². The molecule has 0 spiro atoms. The summed E-state index contributed by atoms with van der Waals surface area (Å²) in [6, 6.07) is 7.85. The zero-order valence-corrected chi connectivity index (χ0v) is 23.9. The van der Waals surface area contributed by atoms with Crippen LogP contribution >= 0.6 is 11.6 Å². The number of halogens is 4. The SMILES string of the molecule is CC(=O)N1C[C@@H](NC(=O)c2cn(CC(C)(C)O)c3ncccc23)C[C@@H](Nc2cc(C(F)(F)F)nc3ccc(Cl)cc23)C1. The van der Waals surface area contributed by atoms with Gasteiger partial charge in [-0.2, -0.15) is 13.2 Å². The molecular formula is C29H30ClF3N6O3. The fourth-order valence-corrected chi connectivity index (χ4v) is 5.52. The van der Waals surface area contributed by atoms with E-state index in [-0.39, 0.29) is 36.7 Å². The van der Waals surface area contributed by atoms with Crippen molar-refractivity contribution < 1.29 is 27.9 Å². The first-order valence-corrected chi connectivity index (χ1v) is 13.7. The number of hydrogen-bond acceptors (Lipinski definition) is 6. The third-order valence-corrected chi connectivity index (χ3v) is 7.32. The van der Waals surface area contributed by atoms with Crippen molar-refractivity contribution in [3.63, 3.8) is 0 Å². The van der Waals surface area contributed by atoms with Gasteiger partial charge in [0.25, 0.3) is 5.91 Å². The van der Waals surface area contributed by atoms with Gasteiger partial charge in [-0.05, 0) is 56.7 Å². The lowest BCUT2D eigenvalue weighted by atomic mass is 9.99. The Morgan fingerprint density at radius 1 is 1.12 bits per heavy atom. The number of amides is 2. The van der Waals surface area contributed by atoms with Gasteiger partial charge in [0.15, 0.2) is 0 Å². The molecule has 42 heavy (non-hydrogen) atoms. The highest BCUT2D eigenvalue weighted by atomic mass is 35.5. The van der Waals surface area contributed by atoms with E-state index < -0.39 is 35.5 Å². The van der Waals surface area contributed by atoms with Gasteiger partial charge in [0, 0.05) is 66.0 Å². The summed E-state index contributed by atoms with van der Waals surface area (Å²) in [5.74, 6) is -0.623. The molecule has 222 valence electrons. The van der Waals surface area contributed by atoms with Gasteiger partial charge in [-0.1, -0.05) is 11.6 Å². The minimum absolute atomic E-state index is 0.122. The zero-order chi connectivity index (χ0) is 30.4. The van der Waals surface area contributed by atoms with E-state index in [9.17, 15) is 27.9 Å². The number of anilines is 1. The van der Waals surface area contributed by atoms with Crippen molar-refractivity contribution >= 4 is 51.0 Å². The Morgan fingerprint density at radius 3 is 2.55 bits per heavy atom. The summed E-state index contributed by atoms with van der Waals surface area (Å²) in [5.41, 5.74) is -0.902. The van der Waals surface area contributed by atoms with Crippen molar-refractivity contribution in [2.75, 3.05) is 18.4 Å². The van der Waals surface area contributed by atoms with E-state index in [0.717, 1.165) is 6.07 Å². The van der Waals surface area contributed by atoms with Gasteiger partial charge in [0.05, 0.1) is 23.2 Å². The lowest BCUT2D eigenvalue weighted by Crippen LogP contribution is -2.55. The van der Waals surface area contributed by atoms with Crippen molar-refractivity contribution in [1.29, 1.82) is 0 Å². The number of aromatic nitrogens is 3. The van der Waals surface area contributed by atoms with Crippen LogP contribution in [0.3, 0.4) is 0 Å². The standard InChI is InChI=1S/C29H30ClF3N6O3/c1-16(40)38-12-18(35-24-11-25(29(31,32)33)37-23-7-6-17(30)9-21(23)24)10-19(13-38)36-27(41)22-14-39(15-28(2,3)42)26-20(22)5-4-8-34-26/h4-9,11,14,18-19,42H,10,12-13,15H2,1-3H3,(H,35,37)(H,36,41)/t18-,19+/m1/s1. The number of fused-ring (bicyclic) bond motifs is 2. The van der Waals surface area contributed by atoms with E-state index in [0.29, 0.717) is 33.4 Å². The predicted molar refractivity (Wildman–Crippen MR) is 153 cm³/mol. The Hall–Kier alpha value is -3.90. The number of likely N-dealkylation sites (tertiary alicyclic amines) is 1. The van der Waals surface area contributed by atoms with Crippen LogP contribution in [0, 0.1) is 0 Å². The quantitative estimate of drug-likeness (QED) is 0.291. The Bertz CT molecular complexity index is 1670. The highest BCUT2D eigenvalue weighted by Gasteiger charge is 2.35. The number of alkyl halides is 3. The molecule has 0 unspecified atom stereocenters. The monoisotopic (exact) mass is 602 g/mol. The largest absolute Gasteiger partial charge is 0.433 e. The number of rotatable bonds is 6. The second kappa shape index (κ2) is 11.1. The van der Waals surface area contributed by atoms with Gasteiger partial charge in [0.2, 0.25) is 5.91 Å². The molecule has 1 fully saturated rings. The molecule has 0 aliphatic carbocycles. The van der Waals surface area contributed by atoms with E-state index in [1.165, 1.54) is 25.1 Å². The normalized spacial score (nSPS) is 18.0. The summed E-state index contributed by atoms with van der Waals surface area (Å²) < 4.78 is 42.7. The third kappa shape index (κ3) is 6.44. The number of piperidine rings is 1.